The monoisotopic (exact) mass is 310 g/mol. The molecule has 96 valence electrons. The van der Waals surface area contributed by atoms with E-state index in [0.717, 1.165) is 5.56 Å². The fourth-order valence-corrected chi connectivity index (χ4v) is 2.29. The van der Waals surface area contributed by atoms with E-state index >= 15 is 0 Å². The zero-order valence-corrected chi connectivity index (χ0v) is 12.2. The molecule has 2 heterocycles. The molecule has 5 nitrogen and oxygen atoms in total. The zero-order chi connectivity index (χ0) is 13.3. The lowest BCUT2D eigenvalue weighted by Crippen LogP contribution is -2.24. The van der Waals surface area contributed by atoms with Crippen molar-refractivity contribution < 1.29 is 0 Å². The molecule has 0 fully saturated rings. The van der Waals surface area contributed by atoms with Gasteiger partial charge in [0, 0.05) is 25.4 Å². The van der Waals surface area contributed by atoms with Gasteiger partial charge in [-0.2, -0.15) is 5.10 Å². The van der Waals surface area contributed by atoms with Gasteiger partial charge in [0.2, 0.25) is 0 Å². The number of nitrogens with zero attached hydrogens (tertiary/aromatic N) is 4. The molecule has 0 saturated carbocycles. The van der Waals surface area contributed by atoms with E-state index < -0.39 is 0 Å². The number of aryl methyl sites for hydroxylation is 1. The molecule has 0 atom stereocenters. The fourth-order valence-electron chi connectivity index (χ4n) is 1.73. The summed E-state index contributed by atoms with van der Waals surface area (Å²) in [5, 5.41) is 4.08. The summed E-state index contributed by atoms with van der Waals surface area (Å²) < 4.78 is 3.79. The van der Waals surface area contributed by atoms with Crippen molar-refractivity contribution in [3.8, 4) is 11.3 Å². The molecule has 18 heavy (non-hydrogen) atoms. The molecule has 0 bridgehead atoms. The summed E-state index contributed by atoms with van der Waals surface area (Å²) >= 11 is 3.33. The largest absolute Gasteiger partial charge is 0.298 e. The molecule has 2 aromatic heterocycles. The van der Waals surface area contributed by atoms with Crippen molar-refractivity contribution in [2.45, 2.75) is 20.4 Å². The van der Waals surface area contributed by atoms with Gasteiger partial charge in [0.15, 0.2) is 0 Å². The molecule has 0 radical (unpaired) electrons. The molecular weight excluding hydrogens is 296 g/mol. The molecule has 0 aliphatic heterocycles. The molecule has 0 unspecified atom stereocenters. The Labute approximate surface area is 114 Å². The predicted octanol–water partition coefficient (Wildman–Crippen LogP) is 2.06. The van der Waals surface area contributed by atoms with Gasteiger partial charge in [0.05, 0.1) is 18.2 Å². The maximum atomic E-state index is 12.2. The Kier molecular flexibility index (Phi) is 3.65. The molecule has 0 aromatic carbocycles. The van der Waals surface area contributed by atoms with Crippen LogP contribution < -0.4 is 5.56 Å². The topological polar surface area (TPSA) is 52.7 Å². The Morgan fingerprint density at radius 1 is 1.44 bits per heavy atom. The maximum absolute atomic E-state index is 12.2. The Hall–Kier alpha value is -1.43. The Morgan fingerprint density at radius 2 is 2.17 bits per heavy atom. The lowest BCUT2D eigenvalue weighted by atomic mass is 10.2. The van der Waals surface area contributed by atoms with Crippen LogP contribution in [0.4, 0.5) is 0 Å². The Balaban J connectivity index is 2.47. The third-order valence-electron chi connectivity index (χ3n) is 2.52. The minimum absolute atomic E-state index is 0.0578. The van der Waals surface area contributed by atoms with Gasteiger partial charge in [-0.1, -0.05) is 13.8 Å². The van der Waals surface area contributed by atoms with Crippen LogP contribution in [0.1, 0.15) is 13.8 Å². The van der Waals surface area contributed by atoms with Gasteiger partial charge in [-0.05, 0) is 21.8 Å². The standard InChI is InChI=1S/C12H15BrN4O/c1-8(2)5-17-7-14-11(10(13)12(17)18)9-4-15-16(3)6-9/h4,6-8H,5H2,1-3H3. The van der Waals surface area contributed by atoms with Crippen molar-refractivity contribution >= 4 is 15.9 Å². The van der Waals surface area contributed by atoms with Crippen LogP contribution in [-0.2, 0) is 13.6 Å². The average Bonchev–Trinajstić information content (AvgIpc) is 2.71. The highest BCUT2D eigenvalue weighted by molar-refractivity contribution is 9.10. The zero-order valence-electron chi connectivity index (χ0n) is 10.6. The number of hydrogen-bond acceptors (Lipinski definition) is 3. The highest BCUT2D eigenvalue weighted by atomic mass is 79.9. The van der Waals surface area contributed by atoms with Crippen LogP contribution in [0.25, 0.3) is 11.3 Å². The van der Waals surface area contributed by atoms with Gasteiger partial charge >= 0.3 is 0 Å². The molecule has 0 spiro atoms. The van der Waals surface area contributed by atoms with E-state index in [2.05, 4.69) is 39.9 Å². The van der Waals surface area contributed by atoms with Crippen LogP contribution in [0.2, 0.25) is 0 Å². The molecule has 0 saturated heterocycles. The maximum Gasteiger partial charge on any atom is 0.268 e. The normalized spacial score (nSPS) is 11.2. The van der Waals surface area contributed by atoms with Crippen molar-refractivity contribution in [1.29, 1.82) is 0 Å². The molecule has 0 aliphatic carbocycles. The molecule has 2 rings (SSSR count). The molecule has 0 aliphatic rings. The van der Waals surface area contributed by atoms with Crippen LogP contribution >= 0.6 is 15.9 Å². The lowest BCUT2D eigenvalue weighted by molar-refractivity contribution is 0.504. The average molecular weight is 311 g/mol. The summed E-state index contributed by atoms with van der Waals surface area (Å²) in [6, 6.07) is 0. The van der Waals surface area contributed by atoms with E-state index in [1.54, 1.807) is 21.8 Å². The minimum Gasteiger partial charge on any atom is -0.298 e. The van der Waals surface area contributed by atoms with E-state index in [1.165, 1.54) is 0 Å². The quantitative estimate of drug-likeness (QED) is 0.872. The second kappa shape index (κ2) is 5.06. The highest BCUT2D eigenvalue weighted by Crippen LogP contribution is 2.22. The second-order valence-electron chi connectivity index (χ2n) is 4.66. The number of hydrogen-bond donors (Lipinski definition) is 0. The van der Waals surface area contributed by atoms with E-state index in [1.807, 2.05) is 13.2 Å². The minimum atomic E-state index is -0.0578. The van der Waals surface area contributed by atoms with E-state index in [-0.39, 0.29) is 5.56 Å². The van der Waals surface area contributed by atoms with E-state index in [4.69, 9.17) is 0 Å². The molecule has 0 N–H and O–H groups in total. The van der Waals surface area contributed by atoms with E-state index in [9.17, 15) is 4.79 Å². The van der Waals surface area contributed by atoms with Gasteiger partial charge in [0.25, 0.3) is 5.56 Å². The number of aromatic nitrogens is 4. The third kappa shape index (κ3) is 2.53. The highest BCUT2D eigenvalue weighted by Gasteiger charge is 2.12. The summed E-state index contributed by atoms with van der Waals surface area (Å²) in [6.45, 7) is 4.79. The molecule has 2 aromatic rings. The number of rotatable bonds is 3. The Bertz CT molecular complexity index is 615. The summed E-state index contributed by atoms with van der Waals surface area (Å²) in [5.74, 6) is 0.403. The third-order valence-corrected chi connectivity index (χ3v) is 3.24. The van der Waals surface area contributed by atoms with Crippen LogP contribution in [0.15, 0.2) is 28.0 Å². The second-order valence-corrected chi connectivity index (χ2v) is 5.45. The first kappa shape index (κ1) is 13.0. The van der Waals surface area contributed by atoms with Crippen LogP contribution in [-0.4, -0.2) is 19.3 Å². The van der Waals surface area contributed by atoms with Gasteiger partial charge < -0.3 is 0 Å². The first-order chi connectivity index (χ1) is 8.49. The van der Waals surface area contributed by atoms with Gasteiger partial charge in [-0.25, -0.2) is 4.98 Å². The molecule has 6 heteroatoms. The van der Waals surface area contributed by atoms with Crippen molar-refractivity contribution in [2.75, 3.05) is 0 Å². The van der Waals surface area contributed by atoms with Crippen LogP contribution in [0, 0.1) is 5.92 Å². The smallest absolute Gasteiger partial charge is 0.268 e. The first-order valence-corrected chi connectivity index (χ1v) is 6.52. The summed E-state index contributed by atoms with van der Waals surface area (Å²) in [4.78, 5) is 16.5. The van der Waals surface area contributed by atoms with Crippen molar-refractivity contribution in [2.24, 2.45) is 13.0 Å². The Morgan fingerprint density at radius 3 is 2.72 bits per heavy atom. The van der Waals surface area contributed by atoms with Crippen molar-refractivity contribution in [1.82, 2.24) is 19.3 Å². The van der Waals surface area contributed by atoms with Crippen LogP contribution in [0.5, 0.6) is 0 Å². The fraction of sp³-hybridized carbons (Fsp3) is 0.417. The van der Waals surface area contributed by atoms with Gasteiger partial charge in [0.1, 0.15) is 4.47 Å². The first-order valence-electron chi connectivity index (χ1n) is 5.73. The van der Waals surface area contributed by atoms with Gasteiger partial charge in [-0.15, -0.1) is 0 Å². The summed E-state index contributed by atoms with van der Waals surface area (Å²) in [6.07, 6.45) is 5.12. The van der Waals surface area contributed by atoms with Crippen molar-refractivity contribution in [3.63, 3.8) is 0 Å². The van der Waals surface area contributed by atoms with Crippen molar-refractivity contribution in [3.05, 3.63) is 33.5 Å². The molecule has 0 amide bonds. The number of halogens is 1. The summed E-state index contributed by atoms with van der Waals surface area (Å²) in [7, 11) is 1.83. The summed E-state index contributed by atoms with van der Waals surface area (Å²) in [5.41, 5.74) is 1.41. The molecular formula is C12H15BrN4O. The SMILES string of the molecule is CC(C)Cn1cnc(-c2cnn(C)c2)c(Br)c1=O. The van der Waals surface area contributed by atoms with Gasteiger partial charge in [-0.3, -0.25) is 14.0 Å². The lowest BCUT2D eigenvalue weighted by Gasteiger charge is -2.09. The van der Waals surface area contributed by atoms with Crippen LogP contribution in [0.3, 0.4) is 0 Å². The van der Waals surface area contributed by atoms with E-state index in [0.29, 0.717) is 22.6 Å². The predicted molar refractivity (Wildman–Crippen MR) is 73.2 cm³/mol.